The van der Waals surface area contributed by atoms with Crippen LogP contribution < -0.4 is 0 Å². The van der Waals surface area contributed by atoms with Crippen molar-refractivity contribution in [1.82, 2.24) is 0 Å². The lowest BCUT2D eigenvalue weighted by Gasteiger charge is -2.22. The molecule has 1 aromatic heterocycles. The van der Waals surface area contributed by atoms with Gasteiger partial charge in [0.1, 0.15) is 0 Å². The number of benzene rings is 1. The van der Waals surface area contributed by atoms with E-state index in [9.17, 15) is 0 Å². The Morgan fingerprint density at radius 3 is 1.70 bits per heavy atom. The largest absolute Gasteiger partial charge is 0.472 e. The van der Waals surface area contributed by atoms with E-state index in [0.29, 0.717) is 17.8 Å². The summed E-state index contributed by atoms with van der Waals surface area (Å²) in [4.78, 5) is 0. The predicted octanol–water partition coefficient (Wildman–Crippen LogP) is 6.32. The first kappa shape index (κ1) is 14.9. The molecule has 0 bridgehead atoms. The third kappa shape index (κ3) is 2.82. The molecule has 20 heavy (non-hydrogen) atoms. The molecule has 0 aliphatic carbocycles. The summed E-state index contributed by atoms with van der Waals surface area (Å²) in [5.41, 5.74) is 6.87. The third-order valence-electron chi connectivity index (χ3n) is 3.94. The van der Waals surface area contributed by atoms with E-state index in [-0.39, 0.29) is 0 Å². The topological polar surface area (TPSA) is 13.1 Å². The molecule has 2 aromatic rings. The molecule has 1 heteroatoms. The van der Waals surface area contributed by atoms with Crippen LogP contribution in [0.15, 0.2) is 35.1 Å². The third-order valence-corrected chi connectivity index (χ3v) is 3.94. The zero-order valence-electron chi connectivity index (χ0n) is 13.5. The fraction of sp³-hybridized carbons (Fsp3) is 0.474. The second-order valence-corrected chi connectivity index (χ2v) is 6.55. The van der Waals surface area contributed by atoms with Crippen LogP contribution in [0, 0.1) is 0 Å². The molecule has 0 saturated heterocycles. The van der Waals surface area contributed by atoms with E-state index < -0.39 is 0 Å². The van der Waals surface area contributed by atoms with Crippen LogP contribution in [0.4, 0.5) is 0 Å². The second kappa shape index (κ2) is 5.87. The van der Waals surface area contributed by atoms with Gasteiger partial charge in [-0.3, -0.25) is 0 Å². The lowest BCUT2D eigenvalue weighted by molar-refractivity contribution is 0.568. The zero-order chi connectivity index (χ0) is 14.9. The molecule has 0 spiro atoms. The van der Waals surface area contributed by atoms with Crippen LogP contribution in [-0.2, 0) is 0 Å². The number of hydrogen-bond acceptors (Lipinski definition) is 1. The minimum Gasteiger partial charge on any atom is -0.472 e. The van der Waals surface area contributed by atoms with Crippen molar-refractivity contribution in [2.45, 2.75) is 59.3 Å². The summed E-state index contributed by atoms with van der Waals surface area (Å²) in [6.07, 6.45) is 3.63. The highest BCUT2D eigenvalue weighted by atomic mass is 16.3. The summed E-state index contributed by atoms with van der Waals surface area (Å²) >= 11 is 0. The Labute approximate surface area is 123 Å². The molecular weight excluding hydrogens is 244 g/mol. The van der Waals surface area contributed by atoms with Gasteiger partial charge in [-0.25, -0.2) is 0 Å². The van der Waals surface area contributed by atoms with Crippen molar-refractivity contribution >= 4 is 0 Å². The summed E-state index contributed by atoms with van der Waals surface area (Å²) in [5.74, 6) is 1.58. The molecule has 0 aliphatic heterocycles. The molecule has 1 heterocycles. The van der Waals surface area contributed by atoms with Gasteiger partial charge in [0.2, 0.25) is 0 Å². The van der Waals surface area contributed by atoms with Gasteiger partial charge in [-0.1, -0.05) is 53.7 Å². The molecule has 0 saturated carbocycles. The van der Waals surface area contributed by atoms with Crippen molar-refractivity contribution in [1.29, 1.82) is 0 Å². The molecule has 0 atom stereocenters. The van der Waals surface area contributed by atoms with Gasteiger partial charge < -0.3 is 4.42 Å². The molecule has 0 fully saturated rings. The minimum absolute atomic E-state index is 0.510. The molecule has 1 nitrogen and oxygen atoms in total. The van der Waals surface area contributed by atoms with E-state index >= 15 is 0 Å². The van der Waals surface area contributed by atoms with Crippen LogP contribution in [0.3, 0.4) is 0 Å². The first-order valence-electron chi connectivity index (χ1n) is 7.62. The van der Waals surface area contributed by atoms with Gasteiger partial charge in [-0.15, -0.1) is 0 Å². The van der Waals surface area contributed by atoms with E-state index in [0.717, 1.165) is 0 Å². The summed E-state index contributed by atoms with van der Waals surface area (Å²) in [5, 5.41) is 0. The van der Waals surface area contributed by atoms with Gasteiger partial charge in [-0.2, -0.15) is 0 Å². The summed E-state index contributed by atoms with van der Waals surface area (Å²) in [6.45, 7) is 13.6. The Bertz CT molecular complexity index is 530. The smallest absolute Gasteiger partial charge is 0.0981 e. The Kier molecular flexibility index (Phi) is 4.37. The minimum atomic E-state index is 0.510. The van der Waals surface area contributed by atoms with Gasteiger partial charge in [0.15, 0.2) is 0 Å². The maximum atomic E-state index is 5.32. The average Bonchev–Trinajstić information content (AvgIpc) is 2.90. The van der Waals surface area contributed by atoms with E-state index in [1.54, 1.807) is 6.26 Å². The number of hydrogen-bond donors (Lipinski definition) is 0. The van der Waals surface area contributed by atoms with E-state index in [2.05, 4.69) is 59.7 Å². The molecule has 108 valence electrons. The van der Waals surface area contributed by atoms with Crippen LogP contribution in [-0.4, -0.2) is 0 Å². The molecule has 0 unspecified atom stereocenters. The second-order valence-electron chi connectivity index (χ2n) is 6.55. The standard InChI is InChI=1S/C19H26O/c1-12(2)16-9-17(13(3)4)19(15-7-8-20-11-15)18(10-16)14(5)6/h7-14H,1-6H3. The van der Waals surface area contributed by atoms with E-state index in [1.807, 2.05) is 6.26 Å². The van der Waals surface area contributed by atoms with Crippen LogP contribution in [0.25, 0.3) is 11.1 Å². The molecule has 0 amide bonds. The molecule has 0 N–H and O–H groups in total. The van der Waals surface area contributed by atoms with Crippen LogP contribution in [0.5, 0.6) is 0 Å². The van der Waals surface area contributed by atoms with Gasteiger partial charge >= 0.3 is 0 Å². The Balaban J connectivity index is 2.75. The van der Waals surface area contributed by atoms with Crippen molar-refractivity contribution in [3.8, 4) is 11.1 Å². The normalized spacial score (nSPS) is 11.8. The Morgan fingerprint density at radius 2 is 1.35 bits per heavy atom. The van der Waals surface area contributed by atoms with Gasteiger partial charge in [0.25, 0.3) is 0 Å². The van der Waals surface area contributed by atoms with Crippen molar-refractivity contribution in [3.63, 3.8) is 0 Å². The summed E-state index contributed by atoms with van der Waals surface area (Å²) < 4.78 is 5.32. The van der Waals surface area contributed by atoms with Crippen LogP contribution in [0.1, 0.15) is 76.0 Å². The fourth-order valence-electron chi connectivity index (χ4n) is 2.70. The molecule has 0 radical (unpaired) electrons. The highest BCUT2D eigenvalue weighted by Crippen LogP contribution is 2.38. The predicted molar refractivity (Wildman–Crippen MR) is 86.4 cm³/mol. The summed E-state index contributed by atoms with van der Waals surface area (Å²) in [7, 11) is 0. The number of rotatable bonds is 4. The van der Waals surface area contributed by atoms with Gasteiger partial charge in [0.05, 0.1) is 12.5 Å². The molecule has 0 aliphatic rings. The first-order chi connectivity index (χ1) is 9.41. The van der Waals surface area contributed by atoms with Crippen molar-refractivity contribution in [2.75, 3.05) is 0 Å². The van der Waals surface area contributed by atoms with Crippen molar-refractivity contribution < 1.29 is 4.42 Å². The van der Waals surface area contributed by atoms with Gasteiger partial charge in [0, 0.05) is 5.56 Å². The van der Waals surface area contributed by atoms with Crippen molar-refractivity contribution in [3.05, 3.63) is 47.4 Å². The Hall–Kier alpha value is -1.50. The van der Waals surface area contributed by atoms with E-state index in [4.69, 9.17) is 4.42 Å². The van der Waals surface area contributed by atoms with Crippen molar-refractivity contribution in [2.24, 2.45) is 0 Å². The fourth-order valence-corrected chi connectivity index (χ4v) is 2.70. The average molecular weight is 270 g/mol. The maximum absolute atomic E-state index is 5.32. The lowest BCUT2D eigenvalue weighted by atomic mass is 9.82. The summed E-state index contributed by atoms with van der Waals surface area (Å²) in [6, 6.07) is 6.83. The van der Waals surface area contributed by atoms with Crippen LogP contribution in [0.2, 0.25) is 0 Å². The SMILES string of the molecule is CC(C)c1cc(C(C)C)c(-c2ccoc2)c(C(C)C)c1. The van der Waals surface area contributed by atoms with Gasteiger partial charge in [-0.05, 0) is 46.1 Å². The first-order valence-corrected chi connectivity index (χ1v) is 7.62. The molecular formula is C19H26O. The highest BCUT2D eigenvalue weighted by Gasteiger charge is 2.18. The van der Waals surface area contributed by atoms with Crippen LogP contribution >= 0.6 is 0 Å². The highest BCUT2D eigenvalue weighted by molar-refractivity contribution is 5.72. The molecule has 2 rings (SSSR count). The van der Waals surface area contributed by atoms with E-state index in [1.165, 1.54) is 27.8 Å². The molecule has 1 aromatic carbocycles. The zero-order valence-corrected chi connectivity index (χ0v) is 13.5. The number of furan rings is 1. The maximum Gasteiger partial charge on any atom is 0.0981 e. The quantitative estimate of drug-likeness (QED) is 0.634. The lowest BCUT2D eigenvalue weighted by Crippen LogP contribution is -2.03. The monoisotopic (exact) mass is 270 g/mol. The Morgan fingerprint density at radius 1 is 0.800 bits per heavy atom.